The lowest BCUT2D eigenvalue weighted by Crippen LogP contribution is -2.42. The third-order valence-electron chi connectivity index (χ3n) is 3.99. The van der Waals surface area contributed by atoms with Crippen LogP contribution in [0.15, 0.2) is 11.6 Å². The number of carbonyl (C=O) groups is 2. The zero-order chi connectivity index (χ0) is 14.4. The first-order valence-electron chi connectivity index (χ1n) is 7.18. The van der Waals surface area contributed by atoms with Crippen LogP contribution in [-0.2, 0) is 14.3 Å². The number of hydrogen-bond donors (Lipinski definition) is 0. The molecule has 0 N–H and O–H groups in total. The average Bonchev–Trinajstić information content (AvgIpc) is 2.37. The van der Waals surface area contributed by atoms with Crippen LogP contribution >= 0.6 is 0 Å². The number of aldehydes is 1. The first-order chi connectivity index (χ1) is 9.01. The van der Waals surface area contributed by atoms with E-state index in [2.05, 4.69) is 19.9 Å². The Morgan fingerprint density at radius 2 is 2.16 bits per heavy atom. The number of allylic oxidation sites excluding steroid dienone is 1. The Bertz CT molecular complexity index is 344. The van der Waals surface area contributed by atoms with Gasteiger partial charge in [-0.2, -0.15) is 0 Å². The Morgan fingerprint density at radius 3 is 2.68 bits per heavy atom. The molecule has 19 heavy (non-hydrogen) atoms. The molecule has 3 heteroatoms. The molecule has 0 aromatic carbocycles. The van der Waals surface area contributed by atoms with Gasteiger partial charge < -0.3 is 9.53 Å². The molecule has 0 radical (unpaired) electrons. The molecule has 3 nitrogen and oxygen atoms in total. The van der Waals surface area contributed by atoms with E-state index in [1.807, 2.05) is 6.92 Å². The summed E-state index contributed by atoms with van der Waals surface area (Å²) in [5.74, 6) is 0.633. The number of Topliss-reactive ketones (excluding diaryl/α,β-unsaturated/α-hetero) is 1. The van der Waals surface area contributed by atoms with Crippen LogP contribution in [0.4, 0.5) is 0 Å². The smallest absolute Gasteiger partial charge is 0.162 e. The van der Waals surface area contributed by atoms with E-state index < -0.39 is 6.10 Å². The van der Waals surface area contributed by atoms with Crippen LogP contribution in [0, 0.1) is 17.8 Å². The lowest BCUT2D eigenvalue weighted by molar-refractivity contribution is -0.137. The van der Waals surface area contributed by atoms with Gasteiger partial charge in [0.1, 0.15) is 12.4 Å². The van der Waals surface area contributed by atoms with Crippen molar-refractivity contribution in [2.24, 2.45) is 17.8 Å². The summed E-state index contributed by atoms with van der Waals surface area (Å²) >= 11 is 0. The number of carbonyl (C=O) groups excluding carboxylic acids is 2. The summed E-state index contributed by atoms with van der Waals surface area (Å²) in [6.45, 7) is 6.41. The normalized spacial score (nSPS) is 28.8. The standard InChI is InChI=1S/C16H26O3/c1-11(2)6-5-7-12(3)15-13(10-17)8-9-14(18)16(15)19-4/h7,10-11,13,15-16H,5-6,8-9H2,1-4H3/b12-7+/t13-,15-,16-/m1/s1. The van der Waals surface area contributed by atoms with Crippen LogP contribution in [0.3, 0.4) is 0 Å². The molecular formula is C16H26O3. The van der Waals surface area contributed by atoms with Gasteiger partial charge in [-0.15, -0.1) is 0 Å². The van der Waals surface area contributed by atoms with Crippen molar-refractivity contribution in [2.75, 3.05) is 7.11 Å². The molecule has 0 aromatic rings. The summed E-state index contributed by atoms with van der Waals surface area (Å²) in [4.78, 5) is 23.1. The fourth-order valence-electron chi connectivity index (χ4n) is 2.84. The van der Waals surface area contributed by atoms with Gasteiger partial charge in [0.05, 0.1) is 0 Å². The second-order valence-electron chi connectivity index (χ2n) is 5.91. The highest BCUT2D eigenvalue weighted by Gasteiger charge is 2.39. The maximum atomic E-state index is 11.9. The minimum atomic E-state index is -0.445. The number of methoxy groups -OCH3 is 1. The Morgan fingerprint density at radius 1 is 1.47 bits per heavy atom. The van der Waals surface area contributed by atoms with Gasteiger partial charge >= 0.3 is 0 Å². The zero-order valence-electron chi connectivity index (χ0n) is 12.5. The molecule has 0 aliphatic heterocycles. The van der Waals surface area contributed by atoms with Crippen LogP contribution in [0.2, 0.25) is 0 Å². The van der Waals surface area contributed by atoms with Crippen molar-refractivity contribution >= 4 is 12.1 Å². The largest absolute Gasteiger partial charge is 0.373 e. The van der Waals surface area contributed by atoms with Crippen LogP contribution in [0.25, 0.3) is 0 Å². The number of rotatable bonds is 6. The molecule has 0 aromatic heterocycles. The molecule has 1 rings (SSSR count). The average molecular weight is 266 g/mol. The summed E-state index contributed by atoms with van der Waals surface area (Å²) in [6, 6.07) is 0. The summed E-state index contributed by atoms with van der Waals surface area (Å²) < 4.78 is 5.35. The van der Waals surface area contributed by atoms with Crippen molar-refractivity contribution in [1.82, 2.24) is 0 Å². The summed E-state index contributed by atoms with van der Waals surface area (Å²) in [6.07, 6.45) is 5.95. The lowest BCUT2D eigenvalue weighted by atomic mass is 9.73. The molecular weight excluding hydrogens is 240 g/mol. The van der Waals surface area contributed by atoms with E-state index in [1.165, 1.54) is 0 Å². The molecule has 3 atom stereocenters. The highest BCUT2D eigenvalue weighted by Crippen LogP contribution is 2.34. The van der Waals surface area contributed by atoms with Crippen molar-refractivity contribution in [3.63, 3.8) is 0 Å². The van der Waals surface area contributed by atoms with Gasteiger partial charge in [-0.25, -0.2) is 0 Å². The highest BCUT2D eigenvalue weighted by atomic mass is 16.5. The van der Waals surface area contributed by atoms with E-state index in [0.29, 0.717) is 18.8 Å². The van der Waals surface area contributed by atoms with E-state index >= 15 is 0 Å². The fraction of sp³-hybridized carbons (Fsp3) is 0.750. The first-order valence-corrected chi connectivity index (χ1v) is 7.18. The Hall–Kier alpha value is -0.960. The second-order valence-corrected chi connectivity index (χ2v) is 5.91. The van der Waals surface area contributed by atoms with E-state index in [1.54, 1.807) is 7.11 Å². The Kier molecular flexibility index (Phi) is 6.43. The molecule has 0 bridgehead atoms. The van der Waals surface area contributed by atoms with E-state index in [9.17, 15) is 9.59 Å². The van der Waals surface area contributed by atoms with Crippen LogP contribution in [0.5, 0.6) is 0 Å². The maximum absolute atomic E-state index is 11.9. The van der Waals surface area contributed by atoms with Crippen molar-refractivity contribution in [3.8, 4) is 0 Å². The van der Waals surface area contributed by atoms with Crippen LogP contribution in [0.1, 0.15) is 46.5 Å². The molecule has 1 aliphatic carbocycles. The number of ketones is 1. The van der Waals surface area contributed by atoms with Gasteiger partial charge in [-0.1, -0.05) is 25.5 Å². The SMILES string of the molecule is CO[C@@H]1C(=O)CC[C@H](C=O)[C@H]1/C(C)=C/CCC(C)C. The van der Waals surface area contributed by atoms with Crippen molar-refractivity contribution in [1.29, 1.82) is 0 Å². The summed E-state index contributed by atoms with van der Waals surface area (Å²) in [7, 11) is 1.56. The molecule has 108 valence electrons. The van der Waals surface area contributed by atoms with Gasteiger partial charge in [-0.3, -0.25) is 4.79 Å². The Labute approximate surface area is 116 Å². The highest BCUT2D eigenvalue weighted by molar-refractivity contribution is 5.86. The minimum absolute atomic E-state index is 0.0732. The van der Waals surface area contributed by atoms with Gasteiger partial charge in [0.2, 0.25) is 0 Å². The second kappa shape index (κ2) is 7.59. The lowest BCUT2D eigenvalue weighted by Gasteiger charge is -2.34. The van der Waals surface area contributed by atoms with Gasteiger partial charge in [0, 0.05) is 25.4 Å². The van der Waals surface area contributed by atoms with Crippen molar-refractivity contribution in [2.45, 2.75) is 52.6 Å². The third kappa shape index (κ3) is 4.27. The fourth-order valence-corrected chi connectivity index (χ4v) is 2.84. The van der Waals surface area contributed by atoms with E-state index in [4.69, 9.17) is 4.74 Å². The summed E-state index contributed by atoms with van der Waals surface area (Å²) in [5, 5.41) is 0. The first kappa shape index (κ1) is 16.1. The van der Waals surface area contributed by atoms with Gasteiger partial charge in [0.25, 0.3) is 0 Å². The monoisotopic (exact) mass is 266 g/mol. The molecule has 1 aliphatic rings. The van der Waals surface area contributed by atoms with Crippen LogP contribution < -0.4 is 0 Å². The molecule has 1 saturated carbocycles. The third-order valence-corrected chi connectivity index (χ3v) is 3.99. The van der Waals surface area contributed by atoms with E-state index in [-0.39, 0.29) is 17.6 Å². The molecule has 1 fully saturated rings. The molecule has 0 unspecified atom stereocenters. The molecule has 0 amide bonds. The van der Waals surface area contributed by atoms with Crippen LogP contribution in [-0.4, -0.2) is 25.3 Å². The number of hydrogen-bond acceptors (Lipinski definition) is 3. The molecule has 0 spiro atoms. The maximum Gasteiger partial charge on any atom is 0.162 e. The van der Waals surface area contributed by atoms with Crippen molar-refractivity contribution in [3.05, 3.63) is 11.6 Å². The Balaban J connectivity index is 2.82. The van der Waals surface area contributed by atoms with Gasteiger partial charge in [0.15, 0.2) is 5.78 Å². The molecule has 0 heterocycles. The number of ether oxygens (including phenoxy) is 1. The quantitative estimate of drug-likeness (QED) is 0.548. The predicted octanol–water partition coefficient (Wildman–Crippen LogP) is 3.18. The zero-order valence-corrected chi connectivity index (χ0v) is 12.5. The minimum Gasteiger partial charge on any atom is -0.373 e. The summed E-state index contributed by atoms with van der Waals surface area (Å²) in [5.41, 5.74) is 1.12. The topological polar surface area (TPSA) is 43.4 Å². The predicted molar refractivity (Wildman–Crippen MR) is 75.9 cm³/mol. The van der Waals surface area contributed by atoms with E-state index in [0.717, 1.165) is 24.7 Å². The van der Waals surface area contributed by atoms with Gasteiger partial charge in [-0.05, 0) is 32.1 Å². The molecule has 0 saturated heterocycles. The van der Waals surface area contributed by atoms with Crippen molar-refractivity contribution < 1.29 is 14.3 Å².